The van der Waals surface area contributed by atoms with E-state index in [1.165, 1.54) is 0 Å². The monoisotopic (exact) mass is 209 g/mol. The van der Waals surface area contributed by atoms with Crippen LogP contribution in [0.15, 0.2) is 11.3 Å². The molecule has 0 heterocycles. The first-order valence-corrected chi connectivity index (χ1v) is 5.59. The van der Waals surface area contributed by atoms with Gasteiger partial charge in [0.1, 0.15) is 0 Å². The summed E-state index contributed by atoms with van der Waals surface area (Å²) in [4.78, 5) is 11.7. The van der Waals surface area contributed by atoms with Gasteiger partial charge in [0.2, 0.25) is 0 Å². The minimum Gasteiger partial charge on any atom is -0.395 e. The minimum absolute atomic E-state index is 0.107. The molecule has 2 rings (SSSR count). The first-order valence-electron chi connectivity index (χ1n) is 5.59. The van der Waals surface area contributed by atoms with Crippen molar-refractivity contribution in [3.63, 3.8) is 0 Å². The molecular weight excluding hydrogens is 190 g/mol. The summed E-state index contributed by atoms with van der Waals surface area (Å²) in [6.45, 7) is 7.04. The highest BCUT2D eigenvalue weighted by Crippen LogP contribution is 2.68. The molecule has 2 atom stereocenters. The third kappa shape index (κ3) is 1.49. The summed E-state index contributed by atoms with van der Waals surface area (Å²) in [5, 5.41) is 11.8. The van der Waals surface area contributed by atoms with Crippen LogP contribution < -0.4 is 5.32 Å². The molecule has 0 spiro atoms. The predicted octanol–water partition coefficient (Wildman–Crippen LogP) is 1.09. The Balaban J connectivity index is 2.17. The third-order valence-electron chi connectivity index (χ3n) is 3.97. The van der Waals surface area contributed by atoms with E-state index in [-0.39, 0.29) is 6.61 Å². The lowest BCUT2D eigenvalue weighted by Crippen LogP contribution is -2.20. The highest BCUT2D eigenvalue weighted by atomic mass is 16.3. The lowest BCUT2D eigenvalue weighted by Gasteiger charge is -2.13. The van der Waals surface area contributed by atoms with Gasteiger partial charge in [0.25, 0.3) is 0 Å². The summed E-state index contributed by atoms with van der Waals surface area (Å²) < 4.78 is 0. The Labute approximate surface area is 90.6 Å². The van der Waals surface area contributed by atoms with E-state index in [0.29, 0.717) is 36.0 Å². The second kappa shape index (κ2) is 3.34. The van der Waals surface area contributed by atoms with Crippen molar-refractivity contribution in [1.82, 2.24) is 5.32 Å². The molecule has 2 aliphatic carbocycles. The molecule has 2 unspecified atom stereocenters. The standard InChI is InChI=1S/C12H19NO2/c1-7(13-4-5-14)10-9(15)6-8-11(10)12(8,2)3/h8,11,13-14H,4-6H2,1-3H3/b10-7+. The molecule has 84 valence electrons. The number of hydrogen-bond donors (Lipinski definition) is 2. The van der Waals surface area contributed by atoms with Gasteiger partial charge in [0.05, 0.1) is 6.61 Å². The molecule has 2 aliphatic rings. The fraction of sp³-hybridized carbons (Fsp3) is 0.750. The maximum absolute atomic E-state index is 11.7. The van der Waals surface area contributed by atoms with Crippen molar-refractivity contribution in [2.45, 2.75) is 27.2 Å². The number of hydrogen-bond acceptors (Lipinski definition) is 3. The zero-order chi connectivity index (χ0) is 11.2. The van der Waals surface area contributed by atoms with Crippen molar-refractivity contribution in [3.8, 4) is 0 Å². The van der Waals surface area contributed by atoms with E-state index < -0.39 is 0 Å². The number of carbonyl (C=O) groups is 1. The number of allylic oxidation sites excluding steroid dienone is 2. The Morgan fingerprint density at radius 1 is 1.60 bits per heavy atom. The Morgan fingerprint density at radius 3 is 2.80 bits per heavy atom. The van der Waals surface area contributed by atoms with Crippen LogP contribution in [0.1, 0.15) is 27.2 Å². The van der Waals surface area contributed by atoms with Crippen LogP contribution in [0.3, 0.4) is 0 Å². The fourth-order valence-electron chi connectivity index (χ4n) is 2.96. The van der Waals surface area contributed by atoms with Crippen LogP contribution >= 0.6 is 0 Å². The van der Waals surface area contributed by atoms with Crippen molar-refractivity contribution in [2.24, 2.45) is 17.3 Å². The molecule has 0 amide bonds. The summed E-state index contributed by atoms with van der Waals surface area (Å²) in [5.41, 5.74) is 2.26. The van der Waals surface area contributed by atoms with E-state index in [1.54, 1.807) is 0 Å². The fourth-order valence-corrected chi connectivity index (χ4v) is 2.96. The van der Waals surface area contributed by atoms with Crippen molar-refractivity contribution in [2.75, 3.05) is 13.2 Å². The number of aliphatic hydroxyl groups is 1. The maximum Gasteiger partial charge on any atom is 0.161 e. The van der Waals surface area contributed by atoms with Crippen molar-refractivity contribution < 1.29 is 9.90 Å². The van der Waals surface area contributed by atoms with Crippen molar-refractivity contribution in [3.05, 3.63) is 11.3 Å². The quantitative estimate of drug-likeness (QED) is 0.684. The van der Waals surface area contributed by atoms with Crippen molar-refractivity contribution in [1.29, 1.82) is 0 Å². The number of rotatable bonds is 3. The highest BCUT2D eigenvalue weighted by Gasteiger charge is 2.65. The molecule has 3 nitrogen and oxygen atoms in total. The lowest BCUT2D eigenvalue weighted by atomic mass is 9.95. The smallest absolute Gasteiger partial charge is 0.161 e. The number of aliphatic hydroxyl groups excluding tert-OH is 1. The first-order chi connectivity index (χ1) is 7.00. The van der Waals surface area contributed by atoms with Gasteiger partial charge in [-0.1, -0.05) is 13.8 Å². The average molecular weight is 209 g/mol. The van der Waals surface area contributed by atoms with Crippen LogP contribution in [0.25, 0.3) is 0 Å². The topological polar surface area (TPSA) is 49.3 Å². The average Bonchev–Trinajstić information content (AvgIpc) is 2.59. The summed E-state index contributed by atoms with van der Waals surface area (Å²) in [7, 11) is 0. The molecule has 0 aromatic carbocycles. The van der Waals surface area contributed by atoms with E-state index in [1.807, 2.05) is 6.92 Å². The van der Waals surface area contributed by atoms with Crippen LogP contribution in [0, 0.1) is 17.3 Å². The van der Waals surface area contributed by atoms with Gasteiger partial charge in [-0.25, -0.2) is 0 Å². The first kappa shape index (κ1) is 10.7. The summed E-state index contributed by atoms with van der Waals surface area (Å²) in [6, 6.07) is 0. The Kier molecular flexibility index (Phi) is 2.38. The molecular formula is C12H19NO2. The molecule has 0 bridgehead atoms. The molecule has 0 aromatic heterocycles. The van der Waals surface area contributed by atoms with Crippen LogP contribution in [0.5, 0.6) is 0 Å². The molecule has 0 aromatic rings. The number of Topliss-reactive ketones (excluding diaryl/α,β-unsaturated/α-hetero) is 1. The molecule has 0 aliphatic heterocycles. The van der Waals surface area contributed by atoms with E-state index in [0.717, 1.165) is 11.3 Å². The van der Waals surface area contributed by atoms with Gasteiger partial charge >= 0.3 is 0 Å². The molecule has 15 heavy (non-hydrogen) atoms. The molecule has 2 fully saturated rings. The molecule has 2 saturated carbocycles. The van der Waals surface area contributed by atoms with E-state index in [4.69, 9.17) is 5.11 Å². The molecule has 0 radical (unpaired) electrons. The number of carbonyl (C=O) groups excluding carboxylic acids is 1. The van der Waals surface area contributed by atoms with Gasteiger partial charge in [-0.05, 0) is 24.2 Å². The number of ketones is 1. The summed E-state index contributed by atoms with van der Waals surface area (Å²) in [6.07, 6.45) is 0.713. The van der Waals surface area contributed by atoms with Gasteiger partial charge in [0, 0.05) is 24.2 Å². The van der Waals surface area contributed by atoms with Crippen LogP contribution in [0.2, 0.25) is 0 Å². The molecule has 0 saturated heterocycles. The van der Waals surface area contributed by atoms with Crippen LogP contribution in [-0.4, -0.2) is 24.0 Å². The van der Waals surface area contributed by atoms with Gasteiger partial charge in [-0.2, -0.15) is 0 Å². The summed E-state index contributed by atoms with van der Waals surface area (Å²) >= 11 is 0. The van der Waals surface area contributed by atoms with E-state index >= 15 is 0 Å². The zero-order valence-electron chi connectivity index (χ0n) is 9.63. The Hall–Kier alpha value is -0.830. The largest absolute Gasteiger partial charge is 0.395 e. The lowest BCUT2D eigenvalue weighted by molar-refractivity contribution is -0.115. The van der Waals surface area contributed by atoms with Gasteiger partial charge < -0.3 is 10.4 Å². The van der Waals surface area contributed by atoms with E-state index in [2.05, 4.69) is 19.2 Å². The molecule has 2 N–H and O–H groups in total. The Morgan fingerprint density at radius 2 is 2.27 bits per heavy atom. The maximum atomic E-state index is 11.7. The number of nitrogens with one attached hydrogen (secondary N) is 1. The minimum atomic E-state index is 0.107. The second-order valence-electron chi connectivity index (χ2n) is 5.22. The SMILES string of the molecule is C/C(NCCO)=C1/C(=O)CC2C1C2(C)C. The summed E-state index contributed by atoms with van der Waals surface area (Å²) in [5.74, 6) is 1.31. The normalized spacial score (nSPS) is 35.1. The van der Waals surface area contributed by atoms with Crippen LogP contribution in [0.4, 0.5) is 0 Å². The van der Waals surface area contributed by atoms with Crippen molar-refractivity contribution >= 4 is 5.78 Å². The number of fused-ring (bicyclic) bond motifs is 1. The Bertz CT molecular complexity index is 331. The van der Waals surface area contributed by atoms with Gasteiger partial charge in [0.15, 0.2) is 5.78 Å². The van der Waals surface area contributed by atoms with Gasteiger partial charge in [-0.3, -0.25) is 4.79 Å². The zero-order valence-corrected chi connectivity index (χ0v) is 9.63. The molecule has 3 heteroatoms. The predicted molar refractivity (Wildman–Crippen MR) is 58.2 cm³/mol. The van der Waals surface area contributed by atoms with E-state index in [9.17, 15) is 4.79 Å². The highest BCUT2D eigenvalue weighted by molar-refractivity contribution is 6.01. The van der Waals surface area contributed by atoms with Crippen LogP contribution in [-0.2, 0) is 4.79 Å². The third-order valence-corrected chi connectivity index (χ3v) is 3.97. The second-order valence-corrected chi connectivity index (χ2v) is 5.22. The van der Waals surface area contributed by atoms with Gasteiger partial charge in [-0.15, -0.1) is 0 Å².